The molecule has 1 saturated carbocycles. The first-order valence-corrected chi connectivity index (χ1v) is 12.4. The molecule has 0 saturated heterocycles. The molecule has 1 amide bonds. The molecular weight excluding hydrogens is 442 g/mol. The first-order chi connectivity index (χ1) is 15.8. The van der Waals surface area contributed by atoms with Crippen molar-refractivity contribution in [2.45, 2.75) is 49.0 Å². The van der Waals surface area contributed by atoms with Crippen molar-refractivity contribution in [3.05, 3.63) is 59.7 Å². The second-order valence-electron chi connectivity index (χ2n) is 8.36. The van der Waals surface area contributed by atoms with Crippen molar-refractivity contribution in [2.75, 3.05) is 17.5 Å². The molecule has 1 N–H and O–H groups in total. The fourth-order valence-electron chi connectivity index (χ4n) is 4.42. The Morgan fingerprint density at radius 2 is 1.85 bits per heavy atom. The van der Waals surface area contributed by atoms with Crippen LogP contribution in [0.5, 0.6) is 0 Å². The van der Waals surface area contributed by atoms with Crippen LogP contribution < -0.4 is 9.62 Å². The highest BCUT2D eigenvalue weighted by Gasteiger charge is 2.35. The van der Waals surface area contributed by atoms with Crippen molar-refractivity contribution in [3.63, 3.8) is 0 Å². The van der Waals surface area contributed by atoms with Crippen LogP contribution in [0.2, 0.25) is 0 Å². The van der Waals surface area contributed by atoms with Crippen LogP contribution in [0.4, 0.5) is 5.69 Å². The van der Waals surface area contributed by atoms with Crippen LogP contribution in [0, 0.1) is 11.3 Å². The van der Waals surface area contributed by atoms with Crippen molar-refractivity contribution >= 4 is 27.6 Å². The van der Waals surface area contributed by atoms with E-state index < -0.39 is 34.0 Å². The lowest BCUT2D eigenvalue weighted by atomic mass is 10.00. The molecule has 0 spiro atoms. The highest BCUT2D eigenvalue weighted by atomic mass is 32.2. The van der Waals surface area contributed by atoms with Gasteiger partial charge in [-0.25, -0.2) is 13.2 Å². The van der Waals surface area contributed by atoms with Crippen LogP contribution >= 0.6 is 0 Å². The molecule has 0 bridgehead atoms. The van der Waals surface area contributed by atoms with E-state index in [2.05, 4.69) is 11.4 Å². The molecule has 172 valence electrons. The number of carbonyl (C=O) groups is 2. The van der Waals surface area contributed by atoms with Gasteiger partial charge in [0.05, 0.1) is 22.2 Å². The molecule has 2 aromatic carbocycles. The molecule has 1 aliphatic carbocycles. The zero-order valence-electron chi connectivity index (χ0n) is 18.1. The molecule has 0 radical (unpaired) electrons. The summed E-state index contributed by atoms with van der Waals surface area (Å²) in [5.41, 5.74) is 0.741. The monoisotopic (exact) mass is 467 g/mol. The van der Waals surface area contributed by atoms with E-state index in [4.69, 9.17) is 4.74 Å². The van der Waals surface area contributed by atoms with Crippen molar-refractivity contribution < 1.29 is 22.7 Å². The predicted octanol–water partition coefficient (Wildman–Crippen LogP) is 2.94. The summed E-state index contributed by atoms with van der Waals surface area (Å²) in [5.74, 6) is -1.36. The van der Waals surface area contributed by atoms with Crippen LogP contribution in [-0.4, -0.2) is 39.0 Å². The van der Waals surface area contributed by atoms with E-state index in [-0.39, 0.29) is 10.5 Å². The summed E-state index contributed by atoms with van der Waals surface area (Å²) in [6, 6.07) is 15.1. The summed E-state index contributed by atoms with van der Waals surface area (Å²) < 4.78 is 33.1. The highest BCUT2D eigenvalue weighted by Crippen LogP contribution is 2.32. The largest absolute Gasteiger partial charge is 0.452 e. The van der Waals surface area contributed by atoms with Crippen molar-refractivity contribution in [2.24, 2.45) is 0 Å². The van der Waals surface area contributed by atoms with Gasteiger partial charge < -0.3 is 10.1 Å². The summed E-state index contributed by atoms with van der Waals surface area (Å²) in [4.78, 5) is 24.7. The Hall–Kier alpha value is -3.38. The van der Waals surface area contributed by atoms with Gasteiger partial charge in [-0.1, -0.05) is 24.3 Å². The maximum atomic E-state index is 13.3. The second-order valence-corrected chi connectivity index (χ2v) is 10.2. The van der Waals surface area contributed by atoms with Crippen molar-refractivity contribution in [1.29, 1.82) is 5.26 Å². The Morgan fingerprint density at radius 3 is 2.61 bits per heavy atom. The molecule has 33 heavy (non-hydrogen) atoms. The van der Waals surface area contributed by atoms with Crippen molar-refractivity contribution in [3.8, 4) is 6.07 Å². The minimum Gasteiger partial charge on any atom is -0.452 e. The molecular formula is C24H25N3O5S. The number of ether oxygens (including phenoxy) is 1. The van der Waals surface area contributed by atoms with Gasteiger partial charge in [0.25, 0.3) is 15.9 Å². The van der Waals surface area contributed by atoms with E-state index in [1.807, 2.05) is 12.1 Å². The quantitative estimate of drug-likeness (QED) is 0.653. The summed E-state index contributed by atoms with van der Waals surface area (Å²) in [6.07, 6.45) is 4.37. The number of amides is 1. The van der Waals surface area contributed by atoms with Crippen LogP contribution in [0.15, 0.2) is 53.4 Å². The maximum Gasteiger partial charge on any atom is 0.338 e. The number of carbonyl (C=O) groups excluding carboxylic acids is 2. The molecule has 0 atom stereocenters. The molecule has 1 fully saturated rings. The highest BCUT2D eigenvalue weighted by molar-refractivity contribution is 7.92. The number of sulfonamides is 1. The van der Waals surface area contributed by atoms with Gasteiger partial charge in [-0.2, -0.15) is 5.26 Å². The molecule has 9 heteroatoms. The Balaban J connectivity index is 1.46. The number of esters is 1. The topological polar surface area (TPSA) is 117 Å². The van der Waals surface area contributed by atoms with Gasteiger partial charge in [-0.05, 0) is 68.4 Å². The van der Waals surface area contributed by atoms with Gasteiger partial charge in [0.2, 0.25) is 0 Å². The third kappa shape index (κ3) is 4.71. The lowest BCUT2D eigenvalue weighted by Crippen LogP contribution is -2.46. The van der Waals surface area contributed by atoms with Crippen LogP contribution in [0.25, 0.3) is 0 Å². The maximum absolute atomic E-state index is 13.3. The van der Waals surface area contributed by atoms with E-state index in [0.717, 1.165) is 24.8 Å². The molecule has 4 rings (SSSR count). The molecule has 2 aromatic rings. The molecule has 1 aliphatic heterocycles. The number of nitrogens with zero attached hydrogens (tertiary/aromatic N) is 2. The zero-order valence-corrected chi connectivity index (χ0v) is 18.9. The van der Waals surface area contributed by atoms with Crippen LogP contribution in [-0.2, 0) is 26.0 Å². The Morgan fingerprint density at radius 1 is 1.09 bits per heavy atom. The lowest BCUT2D eigenvalue weighted by Gasteiger charge is -2.30. The number of nitrogens with one attached hydrogen (secondary N) is 1. The van der Waals surface area contributed by atoms with E-state index in [1.165, 1.54) is 28.6 Å². The fraction of sp³-hybridized carbons (Fsp3) is 0.375. The van der Waals surface area contributed by atoms with Gasteiger partial charge in [0.15, 0.2) is 6.61 Å². The number of rotatable bonds is 6. The summed E-state index contributed by atoms with van der Waals surface area (Å²) >= 11 is 0. The summed E-state index contributed by atoms with van der Waals surface area (Å²) in [5, 5.41) is 12.0. The number of anilines is 1. The summed E-state index contributed by atoms with van der Waals surface area (Å²) in [6.45, 7) is -0.187. The smallest absolute Gasteiger partial charge is 0.338 e. The minimum atomic E-state index is -3.88. The van der Waals surface area contributed by atoms with Gasteiger partial charge in [0, 0.05) is 6.54 Å². The molecule has 0 aromatic heterocycles. The van der Waals surface area contributed by atoms with E-state index in [9.17, 15) is 23.3 Å². The molecule has 8 nitrogen and oxygen atoms in total. The van der Waals surface area contributed by atoms with Gasteiger partial charge in [-0.3, -0.25) is 9.10 Å². The Bertz CT molecular complexity index is 1210. The Kier molecular flexibility index (Phi) is 6.38. The number of hydrogen-bond acceptors (Lipinski definition) is 6. The number of aryl methyl sites for hydroxylation is 1. The minimum absolute atomic E-state index is 0.0208. The molecule has 2 aliphatic rings. The van der Waals surface area contributed by atoms with Crippen LogP contribution in [0.3, 0.4) is 0 Å². The third-order valence-corrected chi connectivity index (χ3v) is 7.92. The first kappa shape index (κ1) is 22.8. The average Bonchev–Trinajstić information content (AvgIpc) is 3.31. The number of para-hydroxylation sites is 1. The number of fused-ring (bicyclic) bond motifs is 1. The normalized spacial score (nSPS) is 17.0. The van der Waals surface area contributed by atoms with Crippen molar-refractivity contribution in [1.82, 2.24) is 5.32 Å². The third-order valence-electron chi connectivity index (χ3n) is 6.11. The SMILES string of the molecule is N#CC1(NC(=O)COC(=O)c2cccc(S(=O)(=O)N3CCCc4ccccc43)c2)CCCC1. The van der Waals surface area contributed by atoms with E-state index in [1.54, 1.807) is 12.1 Å². The fourth-order valence-corrected chi connectivity index (χ4v) is 6.01. The van der Waals surface area contributed by atoms with Gasteiger partial charge >= 0.3 is 5.97 Å². The van der Waals surface area contributed by atoms with Gasteiger partial charge in [0.1, 0.15) is 5.54 Å². The Labute approximate surface area is 193 Å². The van der Waals surface area contributed by atoms with Gasteiger partial charge in [-0.15, -0.1) is 0 Å². The average molecular weight is 468 g/mol. The van der Waals surface area contributed by atoms with E-state index in [0.29, 0.717) is 31.5 Å². The zero-order chi connectivity index (χ0) is 23.5. The standard InChI is InChI=1S/C24H25N3O5S/c25-17-24(12-3-4-13-24)26-22(28)16-32-23(29)19-8-5-10-20(15-19)33(30,31)27-14-6-9-18-7-1-2-11-21(18)27/h1-2,5,7-8,10-11,15H,3-4,6,9,12-14,16H2,(H,26,28). The molecule has 0 unspecified atom stereocenters. The number of hydrogen-bond donors (Lipinski definition) is 1. The number of benzene rings is 2. The lowest BCUT2D eigenvalue weighted by molar-refractivity contribution is -0.125. The number of nitriles is 1. The summed E-state index contributed by atoms with van der Waals surface area (Å²) in [7, 11) is -3.88. The predicted molar refractivity (Wildman–Crippen MR) is 121 cm³/mol. The first-order valence-electron chi connectivity index (χ1n) is 10.9. The van der Waals surface area contributed by atoms with Crippen LogP contribution in [0.1, 0.15) is 48.0 Å². The van der Waals surface area contributed by atoms with E-state index >= 15 is 0 Å². The molecule has 1 heterocycles. The second kappa shape index (κ2) is 9.24.